The summed E-state index contributed by atoms with van der Waals surface area (Å²) in [5.41, 5.74) is 2.60. The van der Waals surface area contributed by atoms with Crippen LogP contribution in [0.5, 0.6) is 5.88 Å². The number of fused-ring (bicyclic) bond motifs is 1. The summed E-state index contributed by atoms with van der Waals surface area (Å²) in [7, 11) is 0. The quantitative estimate of drug-likeness (QED) is 0.683. The van der Waals surface area contributed by atoms with Crippen molar-refractivity contribution in [2.24, 2.45) is 0 Å². The molecule has 1 atom stereocenters. The number of hydrogen-bond donors (Lipinski definition) is 2. The molecule has 7 heteroatoms. The average Bonchev–Trinajstić information content (AvgIpc) is 2.99. The van der Waals surface area contributed by atoms with E-state index in [4.69, 9.17) is 4.74 Å². The summed E-state index contributed by atoms with van der Waals surface area (Å²) in [6.45, 7) is 10.7. The molecule has 1 aliphatic rings. The first-order valence-electron chi connectivity index (χ1n) is 9.20. The number of pyridine rings is 1. The number of nitrogens with zero attached hydrogens (tertiary/aromatic N) is 3. The van der Waals surface area contributed by atoms with E-state index in [-0.39, 0.29) is 19.0 Å². The Morgan fingerprint density at radius 3 is 2.77 bits per heavy atom. The number of unbranched alkanes of at least 4 members (excludes halogenated alkanes) is 1. The third kappa shape index (κ3) is 5.47. The number of ether oxygens (including phenoxy) is 1. The normalized spacial score (nSPS) is 14.0. The van der Waals surface area contributed by atoms with Crippen molar-refractivity contribution >= 4 is 18.2 Å². The highest BCUT2D eigenvalue weighted by molar-refractivity contribution is 5.85. The number of nitriles is 1. The SMILES string of the molecule is CCCCN1CCc2c1nc(OCC(O)CNC(C)C)c(C#N)c2C.Cl. The number of anilines is 1. The van der Waals surface area contributed by atoms with Crippen molar-refractivity contribution < 1.29 is 9.84 Å². The number of halogens is 1. The van der Waals surface area contributed by atoms with Gasteiger partial charge in [-0.25, -0.2) is 0 Å². The van der Waals surface area contributed by atoms with Crippen molar-refractivity contribution in [3.63, 3.8) is 0 Å². The largest absolute Gasteiger partial charge is 0.474 e. The van der Waals surface area contributed by atoms with Crippen molar-refractivity contribution in [3.05, 3.63) is 16.7 Å². The Kier molecular flexibility index (Phi) is 9.14. The van der Waals surface area contributed by atoms with Gasteiger partial charge in [-0.2, -0.15) is 10.2 Å². The van der Waals surface area contributed by atoms with E-state index in [1.807, 2.05) is 20.8 Å². The van der Waals surface area contributed by atoms with Crippen molar-refractivity contribution in [2.45, 2.75) is 59.1 Å². The third-order valence-electron chi connectivity index (χ3n) is 4.52. The minimum Gasteiger partial charge on any atom is -0.474 e. The van der Waals surface area contributed by atoms with Crippen molar-refractivity contribution in [1.82, 2.24) is 10.3 Å². The van der Waals surface area contributed by atoms with E-state index in [1.165, 1.54) is 0 Å². The molecule has 0 aromatic carbocycles. The molecular weight excluding hydrogens is 352 g/mol. The van der Waals surface area contributed by atoms with Crippen LogP contribution in [-0.2, 0) is 6.42 Å². The number of aliphatic hydroxyl groups is 1. The lowest BCUT2D eigenvalue weighted by molar-refractivity contribution is 0.102. The topological polar surface area (TPSA) is 81.4 Å². The fraction of sp³-hybridized carbons (Fsp3) is 0.684. The van der Waals surface area contributed by atoms with Gasteiger partial charge in [0, 0.05) is 31.2 Å². The van der Waals surface area contributed by atoms with Gasteiger partial charge in [0.2, 0.25) is 5.88 Å². The predicted octanol–water partition coefficient (Wildman–Crippen LogP) is 2.58. The van der Waals surface area contributed by atoms with Crippen LogP contribution < -0.4 is 15.0 Å². The molecule has 1 aromatic rings. The maximum Gasteiger partial charge on any atom is 0.234 e. The molecule has 6 nitrogen and oxygen atoms in total. The number of nitrogens with one attached hydrogen (secondary N) is 1. The summed E-state index contributed by atoms with van der Waals surface area (Å²) in [6, 6.07) is 2.52. The van der Waals surface area contributed by atoms with E-state index in [1.54, 1.807) is 0 Å². The Hall–Kier alpha value is -1.55. The van der Waals surface area contributed by atoms with Crippen LogP contribution in [0, 0.1) is 18.3 Å². The molecule has 1 aliphatic heterocycles. The molecule has 1 aromatic heterocycles. The zero-order chi connectivity index (χ0) is 18.4. The molecule has 146 valence electrons. The fourth-order valence-corrected chi connectivity index (χ4v) is 3.02. The standard InChI is InChI=1S/C19H30N4O2.ClH/c1-5-6-8-23-9-7-16-14(4)17(10-20)19(22-18(16)23)25-12-15(24)11-21-13(2)3;/h13,15,21,24H,5-9,11-12H2,1-4H3;1H. The van der Waals surface area contributed by atoms with E-state index in [9.17, 15) is 10.4 Å². The van der Waals surface area contributed by atoms with E-state index < -0.39 is 6.10 Å². The van der Waals surface area contributed by atoms with Crippen LogP contribution >= 0.6 is 12.4 Å². The second-order valence-corrected chi connectivity index (χ2v) is 6.95. The van der Waals surface area contributed by atoms with Gasteiger partial charge >= 0.3 is 0 Å². The van der Waals surface area contributed by atoms with Gasteiger partial charge in [0.05, 0.1) is 0 Å². The summed E-state index contributed by atoms with van der Waals surface area (Å²) < 4.78 is 5.73. The lowest BCUT2D eigenvalue weighted by Crippen LogP contribution is -2.35. The molecular formula is C19H31ClN4O2. The minimum atomic E-state index is -0.638. The summed E-state index contributed by atoms with van der Waals surface area (Å²) in [6.07, 6.45) is 2.55. The Bertz CT molecular complexity index is 631. The van der Waals surface area contributed by atoms with Crippen LogP contribution in [0.4, 0.5) is 5.82 Å². The molecule has 2 N–H and O–H groups in total. The van der Waals surface area contributed by atoms with Gasteiger partial charge in [-0.05, 0) is 25.3 Å². The van der Waals surface area contributed by atoms with Crippen molar-refractivity contribution in [3.8, 4) is 11.9 Å². The summed E-state index contributed by atoms with van der Waals surface area (Å²) in [5.74, 6) is 1.28. The van der Waals surface area contributed by atoms with Crippen LogP contribution in [0.1, 0.15) is 50.3 Å². The molecule has 0 bridgehead atoms. The van der Waals surface area contributed by atoms with Gasteiger partial charge < -0.3 is 20.1 Å². The first kappa shape index (κ1) is 22.5. The predicted molar refractivity (Wildman–Crippen MR) is 106 cm³/mol. The molecule has 2 rings (SSSR count). The maximum atomic E-state index is 10.0. The molecule has 0 radical (unpaired) electrons. The Balaban J connectivity index is 0.00000338. The number of aliphatic hydroxyl groups excluding tert-OH is 1. The van der Waals surface area contributed by atoms with Crippen LogP contribution in [0.25, 0.3) is 0 Å². The Morgan fingerprint density at radius 1 is 1.42 bits per heavy atom. The molecule has 0 saturated carbocycles. The fourth-order valence-electron chi connectivity index (χ4n) is 3.02. The second-order valence-electron chi connectivity index (χ2n) is 6.95. The maximum absolute atomic E-state index is 10.0. The lowest BCUT2D eigenvalue weighted by atomic mass is 10.0. The van der Waals surface area contributed by atoms with Crippen LogP contribution in [-0.4, -0.2) is 48.5 Å². The smallest absolute Gasteiger partial charge is 0.234 e. The van der Waals surface area contributed by atoms with Gasteiger partial charge in [0.1, 0.15) is 30.2 Å². The van der Waals surface area contributed by atoms with Crippen molar-refractivity contribution in [2.75, 3.05) is 31.1 Å². The van der Waals surface area contributed by atoms with E-state index in [0.717, 1.165) is 49.3 Å². The lowest BCUT2D eigenvalue weighted by Gasteiger charge is -2.20. The highest BCUT2D eigenvalue weighted by Gasteiger charge is 2.26. The summed E-state index contributed by atoms with van der Waals surface area (Å²) in [5, 5.41) is 22.7. The van der Waals surface area contributed by atoms with Crippen LogP contribution in [0.15, 0.2) is 0 Å². The molecule has 0 amide bonds. The molecule has 0 saturated heterocycles. The van der Waals surface area contributed by atoms with Crippen LogP contribution in [0.2, 0.25) is 0 Å². The van der Waals surface area contributed by atoms with Gasteiger partial charge in [-0.3, -0.25) is 0 Å². The zero-order valence-corrected chi connectivity index (χ0v) is 17.0. The van der Waals surface area contributed by atoms with E-state index in [0.29, 0.717) is 24.0 Å². The van der Waals surface area contributed by atoms with Gasteiger partial charge in [0.15, 0.2) is 0 Å². The number of hydrogen-bond acceptors (Lipinski definition) is 6. The Labute approximate surface area is 163 Å². The highest BCUT2D eigenvalue weighted by atomic mass is 35.5. The monoisotopic (exact) mass is 382 g/mol. The van der Waals surface area contributed by atoms with Gasteiger partial charge in [0.25, 0.3) is 0 Å². The second kappa shape index (κ2) is 10.6. The van der Waals surface area contributed by atoms with E-state index in [2.05, 4.69) is 28.2 Å². The number of aromatic nitrogens is 1. The molecule has 26 heavy (non-hydrogen) atoms. The molecule has 1 unspecified atom stereocenters. The van der Waals surface area contributed by atoms with E-state index >= 15 is 0 Å². The number of rotatable bonds is 9. The van der Waals surface area contributed by atoms with Crippen molar-refractivity contribution in [1.29, 1.82) is 5.26 Å². The first-order valence-corrected chi connectivity index (χ1v) is 9.20. The first-order chi connectivity index (χ1) is 12.0. The molecule has 2 heterocycles. The minimum absolute atomic E-state index is 0. The molecule has 0 fully saturated rings. The molecule has 0 aliphatic carbocycles. The zero-order valence-electron chi connectivity index (χ0n) is 16.2. The Morgan fingerprint density at radius 2 is 2.15 bits per heavy atom. The van der Waals surface area contributed by atoms with Crippen LogP contribution in [0.3, 0.4) is 0 Å². The van der Waals surface area contributed by atoms with Gasteiger partial charge in [-0.15, -0.1) is 12.4 Å². The average molecular weight is 383 g/mol. The summed E-state index contributed by atoms with van der Waals surface area (Å²) in [4.78, 5) is 6.91. The third-order valence-corrected chi connectivity index (χ3v) is 4.52. The van der Waals surface area contributed by atoms with Gasteiger partial charge in [-0.1, -0.05) is 27.2 Å². The summed E-state index contributed by atoms with van der Waals surface area (Å²) >= 11 is 0. The molecule has 0 spiro atoms. The highest BCUT2D eigenvalue weighted by Crippen LogP contribution is 2.34.